The van der Waals surface area contributed by atoms with Crippen molar-refractivity contribution < 1.29 is 9.53 Å². The molecule has 0 spiro atoms. The van der Waals surface area contributed by atoms with Crippen LogP contribution in [0.15, 0.2) is 94.8 Å². The molecule has 0 aliphatic carbocycles. The van der Waals surface area contributed by atoms with Crippen LogP contribution in [-0.2, 0) is 29.7 Å². The van der Waals surface area contributed by atoms with Crippen LogP contribution in [0.5, 0.6) is 6.01 Å². The van der Waals surface area contributed by atoms with Crippen molar-refractivity contribution in [1.29, 1.82) is 5.26 Å². The summed E-state index contributed by atoms with van der Waals surface area (Å²) in [6.45, 7) is 13.7. The van der Waals surface area contributed by atoms with Gasteiger partial charge in [-0.05, 0) is 68.1 Å². The van der Waals surface area contributed by atoms with Gasteiger partial charge in [0.05, 0.1) is 54.4 Å². The molecule has 68 heavy (non-hydrogen) atoms. The van der Waals surface area contributed by atoms with E-state index in [0.717, 1.165) is 64.2 Å². The highest BCUT2D eigenvalue weighted by molar-refractivity contribution is 6.36. The lowest BCUT2D eigenvalue weighted by molar-refractivity contribution is -0.130. The Balaban J connectivity index is 1.02. The quantitative estimate of drug-likeness (QED) is 0.167. The van der Waals surface area contributed by atoms with Gasteiger partial charge in [-0.1, -0.05) is 93.5 Å². The van der Waals surface area contributed by atoms with Gasteiger partial charge in [0, 0.05) is 65.5 Å². The molecule has 3 aliphatic heterocycles. The van der Waals surface area contributed by atoms with E-state index in [1.807, 2.05) is 69.3 Å². The Morgan fingerprint density at radius 2 is 1.78 bits per heavy atom. The molecule has 1 amide bonds. The molecule has 2 N–H and O–H groups in total. The Morgan fingerprint density at radius 1 is 0.985 bits per heavy atom. The molecule has 2 saturated heterocycles. The molecule has 15 nitrogen and oxygen atoms in total. The van der Waals surface area contributed by atoms with Gasteiger partial charge in [-0.15, -0.1) is 0 Å². The average molecular weight is 935 g/mol. The Labute approximate surface area is 399 Å². The first-order valence-corrected chi connectivity index (χ1v) is 23.6. The van der Waals surface area contributed by atoms with Crippen LogP contribution in [0.25, 0.3) is 22.9 Å². The van der Waals surface area contributed by atoms with Gasteiger partial charge in [0.15, 0.2) is 0 Å². The van der Waals surface area contributed by atoms with Crippen molar-refractivity contribution in [1.82, 2.24) is 39.3 Å². The fourth-order valence-corrected chi connectivity index (χ4v) is 10.0. The molecule has 16 heteroatoms. The van der Waals surface area contributed by atoms with Gasteiger partial charge < -0.3 is 34.3 Å². The number of rotatable bonds is 11. The molecule has 2 atom stereocenters. The second-order valence-electron chi connectivity index (χ2n) is 18.9. The van der Waals surface area contributed by atoms with Crippen LogP contribution in [0.4, 0.5) is 11.5 Å². The number of benzene rings is 3. The summed E-state index contributed by atoms with van der Waals surface area (Å²) < 4.78 is 7.70. The summed E-state index contributed by atoms with van der Waals surface area (Å²) in [4.78, 5) is 71.9. The smallest absolute Gasteiger partial charge is 0.318 e. The number of hydrogen-bond donors (Lipinski definition) is 2. The molecule has 6 heterocycles. The lowest BCUT2D eigenvalue weighted by atomic mass is 9.90. The number of carbonyl (C=O) groups is 1. The second kappa shape index (κ2) is 19.3. The van der Waals surface area contributed by atoms with Crippen molar-refractivity contribution in [3.05, 3.63) is 150 Å². The second-order valence-corrected chi connectivity index (χ2v) is 19.4. The number of fused-ring (bicyclic) bond motifs is 2. The number of nitrogens with one attached hydrogen (secondary N) is 2. The van der Waals surface area contributed by atoms with Crippen LogP contribution in [-0.4, -0.2) is 104 Å². The molecule has 0 bridgehead atoms. The number of piperazine rings is 1. The highest BCUT2D eigenvalue weighted by Crippen LogP contribution is 2.37. The minimum Gasteiger partial charge on any atom is -0.462 e. The summed E-state index contributed by atoms with van der Waals surface area (Å²) >= 11 is 6.81. The lowest BCUT2D eigenvalue weighted by Crippen LogP contribution is -2.57. The Kier molecular flexibility index (Phi) is 13.1. The lowest BCUT2D eigenvalue weighted by Gasteiger charge is -2.42. The van der Waals surface area contributed by atoms with Crippen LogP contribution in [0, 0.1) is 11.3 Å². The fraction of sp³-hybridized carbons (Fsp3) is 0.365. The molecule has 6 aromatic rings. The predicted molar refractivity (Wildman–Crippen MR) is 265 cm³/mol. The number of anilines is 2. The minimum absolute atomic E-state index is 0.0263. The van der Waals surface area contributed by atoms with Gasteiger partial charge in [0.1, 0.15) is 23.1 Å². The minimum atomic E-state index is -0.541. The molecular formula is C52H56ClN11O4. The summed E-state index contributed by atoms with van der Waals surface area (Å²) in [5.41, 5.74) is 3.59. The van der Waals surface area contributed by atoms with E-state index in [0.29, 0.717) is 55.9 Å². The Hall–Kier alpha value is -7.02. The molecular weight excluding hydrogens is 878 g/mol. The molecule has 1 unspecified atom stereocenters. The number of amides is 1. The molecule has 0 saturated carbocycles. The number of likely N-dealkylation sites (N-methyl/N-ethyl adjacent to an activating group) is 1. The maximum absolute atomic E-state index is 14.6. The summed E-state index contributed by atoms with van der Waals surface area (Å²) in [7, 11) is 2.11. The third-order valence-electron chi connectivity index (χ3n) is 13.3. The number of halogens is 1. The van der Waals surface area contributed by atoms with Crippen molar-refractivity contribution in [2.75, 3.05) is 56.2 Å². The molecule has 350 valence electrons. The number of hydrogen-bond acceptors (Lipinski definition) is 11. The van der Waals surface area contributed by atoms with Gasteiger partial charge in [0.25, 0.3) is 17.0 Å². The normalized spacial score (nSPS) is 18.3. The van der Waals surface area contributed by atoms with Crippen LogP contribution in [0.1, 0.15) is 68.2 Å². The number of aromatic amines is 2. The van der Waals surface area contributed by atoms with E-state index in [-0.39, 0.29) is 47.2 Å². The van der Waals surface area contributed by atoms with Gasteiger partial charge in [0.2, 0.25) is 0 Å². The number of carbonyl (C=O) groups excluding carboxylic acids is 1. The van der Waals surface area contributed by atoms with E-state index in [9.17, 15) is 19.6 Å². The van der Waals surface area contributed by atoms with E-state index >= 15 is 0 Å². The number of H-pyrrole nitrogens is 2. The van der Waals surface area contributed by atoms with E-state index in [1.54, 1.807) is 23.4 Å². The maximum Gasteiger partial charge on any atom is 0.318 e. The summed E-state index contributed by atoms with van der Waals surface area (Å²) in [6, 6.07) is 23.7. The van der Waals surface area contributed by atoms with Crippen molar-refractivity contribution in [2.45, 2.75) is 77.0 Å². The van der Waals surface area contributed by atoms with E-state index in [1.165, 1.54) is 4.57 Å². The Morgan fingerprint density at radius 3 is 2.53 bits per heavy atom. The number of likely N-dealkylation sites (tertiary alicyclic amines) is 1. The summed E-state index contributed by atoms with van der Waals surface area (Å²) in [6.07, 6.45) is 7.57. The summed E-state index contributed by atoms with van der Waals surface area (Å²) in [5.74, 6) is 0.324. The molecule has 0 radical (unpaired) electrons. The third-order valence-corrected chi connectivity index (χ3v) is 13.7. The van der Waals surface area contributed by atoms with E-state index in [2.05, 4.69) is 67.5 Å². The highest BCUT2D eigenvalue weighted by Gasteiger charge is 2.35. The van der Waals surface area contributed by atoms with Gasteiger partial charge >= 0.3 is 6.01 Å². The van der Waals surface area contributed by atoms with Crippen LogP contribution >= 0.6 is 11.6 Å². The number of nitrogens with zero attached hydrogens (tertiary/aromatic N) is 9. The highest BCUT2D eigenvalue weighted by atomic mass is 35.5. The first-order valence-electron chi connectivity index (χ1n) is 23.2. The summed E-state index contributed by atoms with van der Waals surface area (Å²) in [5, 5.41) is 13.0. The zero-order chi connectivity index (χ0) is 47.7. The number of ether oxygens (including phenoxy) is 1. The standard InChI is InChI=1S/C52H56ClN11O4/c1-33(28-64-44(27-40-46(52(2,3)4)56-32-55-40)48(65)57-41(50(64)67)26-34-12-7-6-8-13-34)49(66)63-25-24-62(29-36(63)19-21-54)47-38-20-23-61(43-18-10-15-35-14-9-17-39(53)45(35)43)30-42(38)58-51(59-47)68-31-37-16-11-22-60(37)5/h6-10,12-15,17-18,26-27,32,36-37H,1,11,16,19-20,22-25,28-31H2,2-5H3,(H,55,56)(H,57,65)/b41-26-,44-27-/t36?,37-/m0/s1. The topological polar surface area (TPSA) is 172 Å². The zero-order valence-corrected chi connectivity index (χ0v) is 39.7. The van der Waals surface area contributed by atoms with Crippen molar-refractivity contribution >= 4 is 51.9 Å². The molecule has 3 aromatic heterocycles. The molecule has 3 aromatic carbocycles. The van der Waals surface area contributed by atoms with E-state index in [4.69, 9.17) is 26.3 Å². The molecule has 3 aliphatic rings. The van der Waals surface area contributed by atoms with E-state index < -0.39 is 23.1 Å². The number of imidazole rings is 1. The van der Waals surface area contributed by atoms with Crippen molar-refractivity contribution in [3.63, 3.8) is 0 Å². The zero-order valence-electron chi connectivity index (χ0n) is 39.0. The molecule has 2 fully saturated rings. The van der Waals surface area contributed by atoms with Crippen molar-refractivity contribution in [3.8, 4) is 12.1 Å². The largest absolute Gasteiger partial charge is 0.462 e. The Bertz CT molecular complexity index is 3180. The predicted octanol–water partition coefficient (Wildman–Crippen LogP) is 5.03. The number of aromatic nitrogens is 6. The SMILES string of the molecule is C=C(Cn1c(=O)/c(=C/c2ccccc2)[nH]c(=O)/c1=C/c1nc[nH]c1C(C)(C)C)C(=O)N1CCN(c2nc(OC[C@@H]3CCCN3C)nc3c2CCN(c2cccc4cccc(Cl)c24)C3)CC1CC#N. The van der Waals surface area contributed by atoms with Crippen LogP contribution in [0.3, 0.4) is 0 Å². The van der Waals surface area contributed by atoms with Crippen LogP contribution < -0.4 is 36.4 Å². The first kappa shape index (κ1) is 46.1. The van der Waals surface area contributed by atoms with Gasteiger partial charge in [-0.3, -0.25) is 19.0 Å². The fourth-order valence-electron chi connectivity index (χ4n) is 9.75. The first-order chi connectivity index (χ1) is 32.8. The average Bonchev–Trinajstić information content (AvgIpc) is 3.99. The van der Waals surface area contributed by atoms with Gasteiger partial charge in [-0.2, -0.15) is 15.2 Å². The molecule has 9 rings (SSSR count). The van der Waals surface area contributed by atoms with Gasteiger partial charge in [-0.25, -0.2) is 4.98 Å². The van der Waals surface area contributed by atoms with Crippen LogP contribution in [0.2, 0.25) is 5.02 Å². The van der Waals surface area contributed by atoms with Crippen molar-refractivity contribution in [2.24, 2.45) is 0 Å². The number of nitriles is 1. The third kappa shape index (κ3) is 9.43. The monoisotopic (exact) mass is 933 g/mol. The maximum atomic E-state index is 14.6.